The van der Waals surface area contributed by atoms with E-state index in [4.69, 9.17) is 14.6 Å². The van der Waals surface area contributed by atoms with Crippen LogP contribution in [0.15, 0.2) is 48.5 Å². The molecule has 0 aliphatic heterocycles. The summed E-state index contributed by atoms with van der Waals surface area (Å²) in [7, 11) is 1.00. The maximum Gasteiger partial charge on any atom is 0.122 e. The number of aliphatic hydroxyl groups excluding tert-OH is 1. The SMILES string of the molecule is CC(C)c1ccccc1OCCOc1ccc(CCC=O)cc1.CO. The van der Waals surface area contributed by atoms with E-state index in [1.807, 2.05) is 42.5 Å². The van der Waals surface area contributed by atoms with Crippen molar-refractivity contribution < 1.29 is 19.4 Å². The number of rotatable bonds is 9. The predicted molar refractivity (Wildman–Crippen MR) is 100 cm³/mol. The second-order valence-electron chi connectivity index (χ2n) is 5.74. The van der Waals surface area contributed by atoms with Gasteiger partial charge in [0.05, 0.1) is 0 Å². The molecule has 0 spiro atoms. The molecule has 4 nitrogen and oxygen atoms in total. The van der Waals surface area contributed by atoms with Crippen molar-refractivity contribution in [3.63, 3.8) is 0 Å². The topological polar surface area (TPSA) is 55.8 Å². The average Bonchev–Trinajstić information content (AvgIpc) is 2.66. The summed E-state index contributed by atoms with van der Waals surface area (Å²) >= 11 is 0. The Balaban J connectivity index is 0.00000151. The molecule has 0 aliphatic carbocycles. The third-order valence-electron chi connectivity index (χ3n) is 3.62. The van der Waals surface area contributed by atoms with E-state index in [1.165, 1.54) is 5.56 Å². The number of ether oxygens (including phenoxy) is 2. The number of aryl methyl sites for hydroxylation is 1. The lowest BCUT2D eigenvalue weighted by Crippen LogP contribution is -2.10. The van der Waals surface area contributed by atoms with Crippen molar-refractivity contribution in [1.82, 2.24) is 0 Å². The third kappa shape index (κ3) is 7.40. The normalized spacial score (nSPS) is 9.96. The number of carbonyl (C=O) groups excluding carboxylic acids is 1. The number of hydrogen-bond acceptors (Lipinski definition) is 4. The van der Waals surface area contributed by atoms with Gasteiger partial charge in [-0.1, -0.05) is 44.2 Å². The molecule has 4 heteroatoms. The number of para-hydroxylation sites is 1. The minimum absolute atomic E-state index is 0.436. The van der Waals surface area contributed by atoms with Gasteiger partial charge >= 0.3 is 0 Å². The van der Waals surface area contributed by atoms with E-state index in [0.717, 1.165) is 36.9 Å². The lowest BCUT2D eigenvalue weighted by Gasteiger charge is -2.14. The molecule has 2 aromatic rings. The summed E-state index contributed by atoms with van der Waals surface area (Å²) in [5.41, 5.74) is 2.36. The number of hydrogen-bond donors (Lipinski definition) is 1. The van der Waals surface area contributed by atoms with Crippen LogP contribution in [0.25, 0.3) is 0 Å². The fourth-order valence-electron chi connectivity index (χ4n) is 2.38. The Hall–Kier alpha value is -2.33. The maximum absolute atomic E-state index is 10.4. The van der Waals surface area contributed by atoms with Crippen molar-refractivity contribution in [2.75, 3.05) is 20.3 Å². The van der Waals surface area contributed by atoms with Crippen LogP contribution in [0.5, 0.6) is 11.5 Å². The number of aldehydes is 1. The first-order valence-corrected chi connectivity index (χ1v) is 8.52. The zero-order valence-electron chi connectivity index (χ0n) is 15.3. The van der Waals surface area contributed by atoms with Crippen molar-refractivity contribution in [2.24, 2.45) is 0 Å². The molecular formula is C21H28O4. The quantitative estimate of drug-likeness (QED) is 0.552. The Bertz CT molecular complexity index is 606. The largest absolute Gasteiger partial charge is 0.490 e. The summed E-state index contributed by atoms with van der Waals surface area (Å²) in [6.07, 6.45) is 2.28. The highest BCUT2D eigenvalue weighted by Crippen LogP contribution is 2.25. The van der Waals surface area contributed by atoms with Crippen LogP contribution in [0.2, 0.25) is 0 Å². The Kier molecular flexibility index (Phi) is 10.0. The summed E-state index contributed by atoms with van der Waals surface area (Å²) < 4.78 is 11.5. The Labute approximate surface area is 150 Å². The fraction of sp³-hybridized carbons (Fsp3) is 0.381. The average molecular weight is 344 g/mol. The van der Waals surface area contributed by atoms with E-state index in [9.17, 15) is 4.79 Å². The first-order valence-electron chi connectivity index (χ1n) is 8.52. The van der Waals surface area contributed by atoms with Crippen LogP contribution in [0.1, 0.15) is 37.3 Å². The Morgan fingerprint density at radius 2 is 1.60 bits per heavy atom. The molecule has 0 aromatic heterocycles. The summed E-state index contributed by atoms with van der Waals surface area (Å²) in [4.78, 5) is 10.4. The van der Waals surface area contributed by atoms with Crippen molar-refractivity contribution in [3.05, 3.63) is 59.7 Å². The molecule has 0 fully saturated rings. The van der Waals surface area contributed by atoms with Crippen LogP contribution in [0.3, 0.4) is 0 Å². The predicted octanol–water partition coefficient (Wildman–Crippen LogP) is 4.01. The van der Waals surface area contributed by atoms with Gasteiger partial charge in [0.15, 0.2) is 0 Å². The Morgan fingerprint density at radius 3 is 2.24 bits per heavy atom. The van der Waals surface area contributed by atoms with Crippen molar-refractivity contribution in [1.29, 1.82) is 0 Å². The van der Waals surface area contributed by atoms with Crippen molar-refractivity contribution in [2.45, 2.75) is 32.6 Å². The molecule has 0 bridgehead atoms. The molecule has 2 rings (SSSR count). The fourth-order valence-corrected chi connectivity index (χ4v) is 2.38. The van der Waals surface area contributed by atoms with Gasteiger partial charge in [0.1, 0.15) is 31.0 Å². The van der Waals surface area contributed by atoms with Crippen LogP contribution in [-0.2, 0) is 11.2 Å². The Morgan fingerprint density at radius 1 is 0.960 bits per heavy atom. The molecular weight excluding hydrogens is 316 g/mol. The number of carbonyl (C=O) groups is 1. The molecule has 0 aliphatic rings. The highest BCUT2D eigenvalue weighted by Gasteiger charge is 2.06. The molecule has 25 heavy (non-hydrogen) atoms. The minimum Gasteiger partial charge on any atom is -0.490 e. The first-order chi connectivity index (χ1) is 12.2. The van der Waals surface area contributed by atoms with Gasteiger partial charge < -0.3 is 19.4 Å². The summed E-state index contributed by atoms with van der Waals surface area (Å²) in [5.74, 6) is 2.18. The van der Waals surface area contributed by atoms with E-state index in [2.05, 4.69) is 19.9 Å². The standard InChI is InChI=1S/C20H24O3.CH4O/c1-16(2)19-7-3-4-8-20(19)23-15-14-22-18-11-9-17(10-12-18)6-5-13-21;1-2/h3-4,7-13,16H,5-6,14-15H2,1-2H3;2H,1H3. The monoisotopic (exact) mass is 344 g/mol. The molecule has 0 saturated heterocycles. The molecule has 0 radical (unpaired) electrons. The van der Waals surface area contributed by atoms with Crippen LogP contribution in [0.4, 0.5) is 0 Å². The highest BCUT2D eigenvalue weighted by atomic mass is 16.5. The molecule has 0 amide bonds. The lowest BCUT2D eigenvalue weighted by atomic mass is 10.0. The molecule has 0 unspecified atom stereocenters. The summed E-state index contributed by atoms with van der Waals surface area (Å²) in [5, 5.41) is 7.00. The van der Waals surface area contributed by atoms with Crippen molar-refractivity contribution >= 4 is 6.29 Å². The first kappa shape index (κ1) is 20.7. The lowest BCUT2D eigenvalue weighted by molar-refractivity contribution is -0.107. The van der Waals surface area contributed by atoms with Gasteiger partial charge in [-0.15, -0.1) is 0 Å². The maximum atomic E-state index is 10.4. The van der Waals surface area contributed by atoms with Crippen LogP contribution < -0.4 is 9.47 Å². The zero-order chi connectivity index (χ0) is 18.5. The summed E-state index contributed by atoms with van der Waals surface area (Å²) in [6.45, 7) is 5.33. The number of benzene rings is 2. The van der Waals surface area contributed by atoms with Gasteiger partial charge in [0.25, 0.3) is 0 Å². The van der Waals surface area contributed by atoms with Gasteiger partial charge in [-0.2, -0.15) is 0 Å². The van der Waals surface area contributed by atoms with E-state index in [0.29, 0.717) is 25.6 Å². The van der Waals surface area contributed by atoms with E-state index < -0.39 is 0 Å². The van der Waals surface area contributed by atoms with E-state index in [1.54, 1.807) is 0 Å². The molecule has 0 saturated carbocycles. The third-order valence-corrected chi connectivity index (χ3v) is 3.62. The van der Waals surface area contributed by atoms with Crippen LogP contribution in [0, 0.1) is 0 Å². The highest BCUT2D eigenvalue weighted by molar-refractivity contribution is 5.50. The van der Waals surface area contributed by atoms with Crippen LogP contribution in [-0.4, -0.2) is 31.7 Å². The molecule has 0 heterocycles. The second-order valence-corrected chi connectivity index (χ2v) is 5.74. The smallest absolute Gasteiger partial charge is 0.122 e. The van der Waals surface area contributed by atoms with Gasteiger partial charge in [-0.3, -0.25) is 0 Å². The van der Waals surface area contributed by atoms with Crippen molar-refractivity contribution in [3.8, 4) is 11.5 Å². The zero-order valence-corrected chi connectivity index (χ0v) is 15.3. The van der Waals surface area contributed by atoms with Gasteiger partial charge in [0, 0.05) is 13.5 Å². The molecule has 0 atom stereocenters. The van der Waals surface area contributed by atoms with Gasteiger partial charge in [-0.25, -0.2) is 0 Å². The van der Waals surface area contributed by atoms with Crippen LogP contribution >= 0.6 is 0 Å². The minimum atomic E-state index is 0.436. The molecule has 1 N–H and O–H groups in total. The second kappa shape index (κ2) is 12.1. The van der Waals surface area contributed by atoms with Gasteiger partial charge in [0.2, 0.25) is 0 Å². The molecule has 136 valence electrons. The number of aliphatic hydroxyl groups is 1. The van der Waals surface area contributed by atoms with Gasteiger partial charge in [-0.05, 0) is 41.7 Å². The van der Waals surface area contributed by atoms with E-state index >= 15 is 0 Å². The van der Waals surface area contributed by atoms with E-state index in [-0.39, 0.29) is 0 Å². The summed E-state index contributed by atoms with van der Waals surface area (Å²) in [6, 6.07) is 16.0. The molecule has 2 aromatic carbocycles.